The average Bonchev–Trinajstić information content (AvgIpc) is 3.01. The van der Waals surface area contributed by atoms with Crippen molar-refractivity contribution in [1.29, 1.82) is 0 Å². The lowest BCUT2D eigenvalue weighted by Crippen LogP contribution is -2.03. The summed E-state index contributed by atoms with van der Waals surface area (Å²) in [6.07, 6.45) is 1.47. The highest BCUT2D eigenvalue weighted by Gasteiger charge is 2.16. The van der Waals surface area contributed by atoms with Crippen LogP contribution in [0.2, 0.25) is 5.02 Å². The molecular weight excluding hydrogens is 274 g/mol. The van der Waals surface area contributed by atoms with Crippen LogP contribution in [0.3, 0.4) is 0 Å². The summed E-state index contributed by atoms with van der Waals surface area (Å²) in [6.45, 7) is 0. The van der Waals surface area contributed by atoms with Crippen LogP contribution in [-0.2, 0) is 0 Å². The topological polar surface area (TPSA) is 43.1 Å². The molecule has 1 heterocycles. The minimum absolute atomic E-state index is 0.0692. The molecule has 3 rings (SSSR count). The first-order chi connectivity index (χ1) is 9.75. The van der Waals surface area contributed by atoms with Crippen LogP contribution >= 0.6 is 11.6 Å². The second-order valence-electron chi connectivity index (χ2n) is 4.27. The van der Waals surface area contributed by atoms with E-state index >= 15 is 0 Å². The van der Waals surface area contributed by atoms with Crippen LogP contribution in [0.5, 0.6) is 0 Å². The van der Waals surface area contributed by atoms with Gasteiger partial charge in [-0.2, -0.15) is 0 Å². The molecule has 0 fully saturated rings. The zero-order valence-electron chi connectivity index (χ0n) is 10.4. The monoisotopic (exact) mass is 283 g/mol. The van der Waals surface area contributed by atoms with Crippen molar-refractivity contribution < 1.29 is 9.32 Å². The Morgan fingerprint density at radius 3 is 2.55 bits per heavy atom. The molecule has 0 unspecified atom stereocenters. The van der Waals surface area contributed by atoms with E-state index in [1.54, 1.807) is 36.4 Å². The molecule has 0 aliphatic heterocycles. The number of carbonyl (C=O) groups is 1. The lowest BCUT2D eigenvalue weighted by molar-refractivity contribution is 0.103. The summed E-state index contributed by atoms with van der Waals surface area (Å²) in [5.41, 5.74) is 2.43. The third-order valence-corrected chi connectivity index (χ3v) is 3.21. The molecule has 0 bridgehead atoms. The van der Waals surface area contributed by atoms with Crippen molar-refractivity contribution in [2.45, 2.75) is 0 Å². The fourth-order valence-electron chi connectivity index (χ4n) is 2.02. The Balaban J connectivity index is 2.13. The quantitative estimate of drug-likeness (QED) is 0.676. The third kappa shape index (κ3) is 2.36. The molecule has 0 saturated carbocycles. The second-order valence-corrected chi connectivity index (χ2v) is 4.71. The van der Waals surface area contributed by atoms with Crippen molar-refractivity contribution in [3.8, 4) is 11.3 Å². The van der Waals surface area contributed by atoms with Crippen molar-refractivity contribution in [3.63, 3.8) is 0 Å². The lowest BCUT2D eigenvalue weighted by atomic mass is 9.97. The molecule has 20 heavy (non-hydrogen) atoms. The number of benzene rings is 2. The van der Waals surface area contributed by atoms with E-state index in [9.17, 15) is 4.79 Å². The Labute approximate surface area is 120 Å². The maximum Gasteiger partial charge on any atom is 0.193 e. The van der Waals surface area contributed by atoms with Crippen LogP contribution in [0.4, 0.5) is 0 Å². The van der Waals surface area contributed by atoms with Gasteiger partial charge >= 0.3 is 0 Å². The van der Waals surface area contributed by atoms with Gasteiger partial charge in [-0.1, -0.05) is 47.1 Å². The number of ketones is 1. The van der Waals surface area contributed by atoms with E-state index < -0.39 is 0 Å². The lowest BCUT2D eigenvalue weighted by Gasteiger charge is -2.07. The van der Waals surface area contributed by atoms with Crippen LogP contribution in [0, 0.1) is 0 Å². The molecule has 3 nitrogen and oxygen atoms in total. The Bertz CT molecular complexity index is 736. The van der Waals surface area contributed by atoms with Crippen molar-refractivity contribution in [1.82, 2.24) is 5.16 Å². The molecule has 0 N–H and O–H groups in total. The number of hydrogen-bond donors (Lipinski definition) is 0. The van der Waals surface area contributed by atoms with Gasteiger partial charge in [0, 0.05) is 27.8 Å². The molecule has 1 aromatic heterocycles. The number of carbonyl (C=O) groups excluding carboxylic acids is 1. The molecule has 0 saturated heterocycles. The van der Waals surface area contributed by atoms with E-state index in [1.807, 2.05) is 18.2 Å². The summed E-state index contributed by atoms with van der Waals surface area (Å²) in [5, 5.41) is 4.43. The highest BCUT2D eigenvalue weighted by atomic mass is 35.5. The third-order valence-electron chi connectivity index (χ3n) is 2.98. The van der Waals surface area contributed by atoms with E-state index in [2.05, 4.69) is 5.16 Å². The van der Waals surface area contributed by atoms with Crippen molar-refractivity contribution >= 4 is 17.4 Å². The van der Waals surface area contributed by atoms with Crippen LogP contribution in [0.15, 0.2) is 65.4 Å². The Hall–Kier alpha value is -2.39. The number of halogens is 1. The van der Waals surface area contributed by atoms with Crippen LogP contribution < -0.4 is 0 Å². The Morgan fingerprint density at radius 1 is 1.05 bits per heavy atom. The largest absolute Gasteiger partial charge is 0.364 e. The maximum atomic E-state index is 12.6. The summed E-state index contributed by atoms with van der Waals surface area (Å²) in [6, 6.07) is 15.9. The van der Waals surface area contributed by atoms with Gasteiger partial charge in [-0.3, -0.25) is 4.79 Å². The fraction of sp³-hybridized carbons (Fsp3) is 0. The Morgan fingerprint density at radius 2 is 1.85 bits per heavy atom. The molecule has 0 radical (unpaired) electrons. The average molecular weight is 284 g/mol. The molecule has 0 amide bonds. The van der Waals surface area contributed by atoms with Crippen LogP contribution in [0.25, 0.3) is 11.3 Å². The minimum Gasteiger partial charge on any atom is -0.364 e. The van der Waals surface area contributed by atoms with Gasteiger partial charge in [-0.25, -0.2) is 0 Å². The van der Waals surface area contributed by atoms with Crippen molar-refractivity contribution in [2.24, 2.45) is 0 Å². The highest BCUT2D eigenvalue weighted by Crippen LogP contribution is 2.27. The predicted octanol–water partition coefficient (Wildman–Crippen LogP) is 4.23. The maximum absolute atomic E-state index is 12.6. The van der Waals surface area contributed by atoms with E-state index in [0.717, 1.165) is 0 Å². The van der Waals surface area contributed by atoms with Crippen molar-refractivity contribution in [2.75, 3.05) is 0 Å². The molecule has 4 heteroatoms. The molecule has 0 aliphatic rings. The number of nitrogens with zero attached hydrogens (tertiary/aromatic N) is 1. The van der Waals surface area contributed by atoms with Gasteiger partial charge in [-0.05, 0) is 18.2 Å². The molecule has 2 aromatic carbocycles. The standard InChI is InChI=1S/C16H10ClNO2/c17-12-6-7-13(14(10-12)15-8-9-20-18-15)16(19)11-4-2-1-3-5-11/h1-10H. The van der Waals surface area contributed by atoms with Gasteiger partial charge in [0.2, 0.25) is 0 Å². The summed E-state index contributed by atoms with van der Waals surface area (Å²) >= 11 is 6.01. The van der Waals surface area contributed by atoms with Crippen molar-refractivity contribution in [3.05, 3.63) is 77.0 Å². The van der Waals surface area contributed by atoms with Gasteiger partial charge in [0.05, 0.1) is 0 Å². The summed E-state index contributed by atoms with van der Waals surface area (Å²) in [5.74, 6) is -0.0692. The molecule has 98 valence electrons. The molecule has 0 atom stereocenters. The zero-order valence-corrected chi connectivity index (χ0v) is 11.2. The van der Waals surface area contributed by atoms with Gasteiger partial charge in [0.1, 0.15) is 12.0 Å². The Kier molecular flexibility index (Phi) is 3.35. The summed E-state index contributed by atoms with van der Waals surface area (Å²) in [7, 11) is 0. The number of aromatic nitrogens is 1. The molecule has 3 aromatic rings. The summed E-state index contributed by atoms with van der Waals surface area (Å²) < 4.78 is 4.84. The minimum atomic E-state index is -0.0692. The van der Waals surface area contributed by atoms with Crippen LogP contribution in [-0.4, -0.2) is 10.9 Å². The first kappa shape index (κ1) is 12.6. The van der Waals surface area contributed by atoms with E-state index in [0.29, 0.717) is 27.4 Å². The number of hydrogen-bond acceptors (Lipinski definition) is 3. The van der Waals surface area contributed by atoms with E-state index in [4.69, 9.17) is 16.1 Å². The van der Waals surface area contributed by atoms with Gasteiger partial charge < -0.3 is 4.52 Å². The van der Waals surface area contributed by atoms with Crippen LogP contribution in [0.1, 0.15) is 15.9 Å². The fourth-order valence-corrected chi connectivity index (χ4v) is 2.19. The number of rotatable bonds is 3. The van der Waals surface area contributed by atoms with Gasteiger partial charge in [-0.15, -0.1) is 0 Å². The molecule has 0 spiro atoms. The molecule has 0 aliphatic carbocycles. The van der Waals surface area contributed by atoms with E-state index in [-0.39, 0.29) is 5.78 Å². The summed E-state index contributed by atoms with van der Waals surface area (Å²) in [4.78, 5) is 12.6. The highest BCUT2D eigenvalue weighted by molar-refractivity contribution is 6.31. The van der Waals surface area contributed by atoms with Gasteiger partial charge in [0.25, 0.3) is 0 Å². The smallest absolute Gasteiger partial charge is 0.193 e. The molecular formula is C16H10ClNO2. The van der Waals surface area contributed by atoms with E-state index in [1.165, 1.54) is 6.26 Å². The normalized spacial score (nSPS) is 10.4. The predicted molar refractivity (Wildman–Crippen MR) is 76.8 cm³/mol. The zero-order chi connectivity index (χ0) is 13.9. The van der Waals surface area contributed by atoms with Gasteiger partial charge in [0.15, 0.2) is 5.78 Å². The SMILES string of the molecule is O=C(c1ccccc1)c1ccc(Cl)cc1-c1ccon1. The first-order valence-electron chi connectivity index (χ1n) is 6.06. The second kappa shape index (κ2) is 5.31. The first-order valence-corrected chi connectivity index (χ1v) is 6.43.